The summed E-state index contributed by atoms with van der Waals surface area (Å²) < 4.78 is 17.1. The molecular weight excluding hydrogens is 514 g/mol. The standard InChI is InChI=1S/C26H26BrN3O5/c1-33-21-10-8-20(9-11-21)29-24(31)12-13-25(32)30-28-16-19-14-22(27)26(23(15-19)34-2)35-17-18-6-4-3-5-7-18/h3-11,14-16H,12-13,17H2,1-2H3,(H,29,31)(H,30,32). The molecule has 0 fully saturated rings. The number of hydrogen-bond donors (Lipinski definition) is 2. The van der Waals surface area contributed by atoms with Crippen LogP contribution in [0.25, 0.3) is 0 Å². The quantitative estimate of drug-likeness (QED) is 0.266. The lowest BCUT2D eigenvalue weighted by Crippen LogP contribution is -2.20. The number of ether oxygens (including phenoxy) is 3. The number of anilines is 1. The van der Waals surface area contributed by atoms with Gasteiger partial charge in [-0.1, -0.05) is 30.3 Å². The van der Waals surface area contributed by atoms with Crippen molar-refractivity contribution in [2.24, 2.45) is 5.10 Å². The second kappa shape index (κ2) is 13.1. The van der Waals surface area contributed by atoms with E-state index in [9.17, 15) is 9.59 Å². The largest absolute Gasteiger partial charge is 0.497 e. The van der Waals surface area contributed by atoms with E-state index in [1.807, 2.05) is 30.3 Å². The van der Waals surface area contributed by atoms with Gasteiger partial charge in [0, 0.05) is 18.5 Å². The zero-order valence-corrected chi connectivity index (χ0v) is 21.0. The summed E-state index contributed by atoms with van der Waals surface area (Å²) in [5.41, 5.74) is 4.79. The molecule has 0 spiro atoms. The van der Waals surface area contributed by atoms with Crippen molar-refractivity contribution < 1.29 is 23.8 Å². The van der Waals surface area contributed by atoms with Crippen LogP contribution in [0, 0.1) is 0 Å². The van der Waals surface area contributed by atoms with Crippen molar-refractivity contribution in [3.63, 3.8) is 0 Å². The summed E-state index contributed by atoms with van der Waals surface area (Å²) in [6, 6.07) is 20.3. The van der Waals surface area contributed by atoms with E-state index in [0.717, 1.165) is 5.56 Å². The van der Waals surface area contributed by atoms with E-state index in [2.05, 4.69) is 31.8 Å². The number of rotatable bonds is 11. The summed E-state index contributed by atoms with van der Waals surface area (Å²) in [4.78, 5) is 24.1. The number of carbonyl (C=O) groups excluding carboxylic acids is 2. The first kappa shape index (κ1) is 25.8. The average Bonchev–Trinajstić information content (AvgIpc) is 2.87. The minimum absolute atomic E-state index is 0.00138. The molecule has 182 valence electrons. The number of halogens is 1. The molecule has 0 aliphatic heterocycles. The van der Waals surface area contributed by atoms with Crippen molar-refractivity contribution in [2.45, 2.75) is 19.4 Å². The fourth-order valence-electron chi connectivity index (χ4n) is 3.04. The lowest BCUT2D eigenvalue weighted by atomic mass is 10.2. The molecule has 3 rings (SSSR count). The molecule has 9 heteroatoms. The molecule has 0 bridgehead atoms. The Morgan fingerprint density at radius 2 is 1.66 bits per heavy atom. The van der Waals surface area contributed by atoms with Crippen LogP contribution in [0.1, 0.15) is 24.0 Å². The highest BCUT2D eigenvalue weighted by Gasteiger charge is 2.12. The number of carbonyl (C=O) groups is 2. The van der Waals surface area contributed by atoms with E-state index in [4.69, 9.17) is 14.2 Å². The Labute approximate surface area is 212 Å². The molecule has 0 aliphatic rings. The normalized spacial score (nSPS) is 10.6. The van der Waals surface area contributed by atoms with Crippen LogP contribution >= 0.6 is 15.9 Å². The minimum atomic E-state index is -0.375. The Morgan fingerprint density at radius 3 is 2.34 bits per heavy atom. The Balaban J connectivity index is 1.49. The highest BCUT2D eigenvalue weighted by molar-refractivity contribution is 9.10. The predicted molar refractivity (Wildman–Crippen MR) is 138 cm³/mol. The van der Waals surface area contributed by atoms with Gasteiger partial charge in [-0.05, 0) is 63.5 Å². The molecule has 0 radical (unpaired) electrons. The minimum Gasteiger partial charge on any atom is -0.497 e. The van der Waals surface area contributed by atoms with Crippen LogP contribution in [0.15, 0.2) is 76.3 Å². The molecule has 0 atom stereocenters. The first-order chi connectivity index (χ1) is 17.0. The molecule has 2 amide bonds. The summed E-state index contributed by atoms with van der Waals surface area (Å²) in [6.07, 6.45) is 1.52. The lowest BCUT2D eigenvalue weighted by molar-refractivity contribution is -0.124. The molecule has 0 saturated carbocycles. The number of methoxy groups -OCH3 is 2. The molecule has 0 saturated heterocycles. The van der Waals surface area contributed by atoms with Gasteiger partial charge in [0.2, 0.25) is 11.8 Å². The third-order valence-electron chi connectivity index (χ3n) is 4.83. The van der Waals surface area contributed by atoms with E-state index in [-0.39, 0.29) is 24.7 Å². The van der Waals surface area contributed by atoms with Gasteiger partial charge in [-0.25, -0.2) is 5.43 Å². The van der Waals surface area contributed by atoms with Gasteiger partial charge in [0.05, 0.1) is 24.9 Å². The number of nitrogens with zero attached hydrogens (tertiary/aromatic N) is 1. The fourth-order valence-corrected chi connectivity index (χ4v) is 3.62. The SMILES string of the molecule is COc1ccc(NC(=O)CCC(=O)NN=Cc2cc(Br)c(OCc3ccccc3)c(OC)c2)cc1. The van der Waals surface area contributed by atoms with Crippen LogP contribution in [0.3, 0.4) is 0 Å². The maximum absolute atomic E-state index is 12.1. The Bertz CT molecular complexity index is 1170. The summed E-state index contributed by atoms with van der Waals surface area (Å²) in [5.74, 6) is 1.15. The number of nitrogens with one attached hydrogen (secondary N) is 2. The van der Waals surface area contributed by atoms with Crippen molar-refractivity contribution in [1.29, 1.82) is 0 Å². The second-order valence-corrected chi connectivity index (χ2v) is 8.23. The smallest absolute Gasteiger partial charge is 0.240 e. The summed E-state index contributed by atoms with van der Waals surface area (Å²) >= 11 is 3.50. The van der Waals surface area contributed by atoms with Crippen molar-refractivity contribution >= 4 is 39.6 Å². The molecule has 0 aromatic heterocycles. The average molecular weight is 540 g/mol. The molecule has 3 aromatic rings. The van der Waals surface area contributed by atoms with E-state index < -0.39 is 0 Å². The van der Waals surface area contributed by atoms with E-state index >= 15 is 0 Å². The second-order valence-electron chi connectivity index (χ2n) is 7.38. The molecule has 0 aliphatic carbocycles. The number of amides is 2. The summed E-state index contributed by atoms with van der Waals surface area (Å²) in [5, 5.41) is 6.71. The van der Waals surface area contributed by atoms with Gasteiger partial charge < -0.3 is 19.5 Å². The fraction of sp³-hybridized carbons (Fsp3) is 0.192. The number of hydrogen-bond acceptors (Lipinski definition) is 6. The first-order valence-corrected chi connectivity index (χ1v) is 11.6. The number of hydrazone groups is 1. The van der Waals surface area contributed by atoms with Crippen LogP contribution in [-0.2, 0) is 16.2 Å². The molecule has 35 heavy (non-hydrogen) atoms. The van der Waals surface area contributed by atoms with Gasteiger partial charge in [-0.3, -0.25) is 9.59 Å². The van der Waals surface area contributed by atoms with Crippen molar-refractivity contribution in [3.05, 3.63) is 82.3 Å². The zero-order chi connectivity index (χ0) is 25.0. The van der Waals surface area contributed by atoms with Crippen molar-refractivity contribution in [1.82, 2.24) is 5.43 Å². The first-order valence-electron chi connectivity index (χ1n) is 10.8. The van der Waals surface area contributed by atoms with Crippen LogP contribution in [0.4, 0.5) is 5.69 Å². The third kappa shape index (κ3) is 8.15. The Morgan fingerprint density at radius 1 is 0.943 bits per heavy atom. The third-order valence-corrected chi connectivity index (χ3v) is 5.42. The van der Waals surface area contributed by atoms with Crippen LogP contribution in [0.2, 0.25) is 0 Å². The zero-order valence-electron chi connectivity index (χ0n) is 19.4. The van der Waals surface area contributed by atoms with Gasteiger partial charge in [-0.2, -0.15) is 5.10 Å². The summed E-state index contributed by atoms with van der Waals surface area (Å²) in [6.45, 7) is 0.394. The lowest BCUT2D eigenvalue weighted by Gasteiger charge is -2.13. The maximum atomic E-state index is 12.1. The summed E-state index contributed by atoms with van der Waals surface area (Å²) in [7, 11) is 3.12. The van der Waals surface area contributed by atoms with Crippen molar-refractivity contribution in [3.8, 4) is 17.2 Å². The van der Waals surface area contributed by atoms with E-state index in [0.29, 0.717) is 39.6 Å². The van der Waals surface area contributed by atoms with Crippen LogP contribution in [0.5, 0.6) is 17.2 Å². The molecule has 3 aromatic carbocycles. The number of benzene rings is 3. The van der Waals surface area contributed by atoms with Gasteiger partial charge in [-0.15, -0.1) is 0 Å². The molecule has 2 N–H and O–H groups in total. The van der Waals surface area contributed by atoms with Gasteiger partial charge in [0.25, 0.3) is 0 Å². The molecule has 0 heterocycles. The Kier molecular flexibility index (Phi) is 9.68. The highest BCUT2D eigenvalue weighted by Crippen LogP contribution is 2.36. The monoisotopic (exact) mass is 539 g/mol. The Hall–Kier alpha value is -3.85. The highest BCUT2D eigenvalue weighted by atomic mass is 79.9. The predicted octanol–water partition coefficient (Wildman–Crippen LogP) is 4.91. The maximum Gasteiger partial charge on any atom is 0.240 e. The van der Waals surface area contributed by atoms with Gasteiger partial charge in [0.15, 0.2) is 11.5 Å². The van der Waals surface area contributed by atoms with E-state index in [1.54, 1.807) is 50.6 Å². The van der Waals surface area contributed by atoms with Crippen LogP contribution in [-0.4, -0.2) is 32.2 Å². The molecule has 8 nitrogen and oxygen atoms in total. The van der Waals surface area contributed by atoms with E-state index in [1.165, 1.54) is 6.21 Å². The van der Waals surface area contributed by atoms with Gasteiger partial charge >= 0.3 is 0 Å². The van der Waals surface area contributed by atoms with Gasteiger partial charge in [0.1, 0.15) is 12.4 Å². The van der Waals surface area contributed by atoms with Crippen LogP contribution < -0.4 is 25.0 Å². The molecule has 0 unspecified atom stereocenters. The molecular formula is C26H26BrN3O5. The van der Waals surface area contributed by atoms with Crippen molar-refractivity contribution in [2.75, 3.05) is 19.5 Å². The topological polar surface area (TPSA) is 98.2 Å².